The number of rotatable bonds is 2. The molecular weight excluding hydrogens is 392 g/mol. The number of aromatic amines is 1. The second kappa shape index (κ2) is 7.02. The van der Waals surface area contributed by atoms with Crippen LogP contribution >= 0.6 is 11.6 Å². The number of carbonyl (C=O) groups is 1. The maximum atomic E-state index is 13.0. The molecule has 1 amide bonds. The van der Waals surface area contributed by atoms with Crippen molar-refractivity contribution in [2.24, 2.45) is 0 Å². The van der Waals surface area contributed by atoms with Gasteiger partial charge in [-0.25, -0.2) is 4.98 Å². The summed E-state index contributed by atoms with van der Waals surface area (Å²) >= 11 is 6.43. The number of nitrogens with one attached hydrogen (secondary N) is 1. The lowest BCUT2D eigenvalue weighted by molar-refractivity contribution is 0.0303. The molecule has 8 heteroatoms. The predicted octanol–water partition coefficient (Wildman–Crippen LogP) is 2.97. The first kappa shape index (κ1) is 17.9. The van der Waals surface area contributed by atoms with Crippen LogP contribution in [0.15, 0.2) is 53.5 Å². The lowest BCUT2D eigenvalue weighted by Crippen LogP contribution is -2.40. The summed E-state index contributed by atoms with van der Waals surface area (Å²) in [4.78, 5) is 34.6. The first-order valence-electron chi connectivity index (χ1n) is 9.29. The molecule has 0 saturated carbocycles. The van der Waals surface area contributed by atoms with Crippen molar-refractivity contribution in [3.8, 4) is 11.4 Å². The number of benzene rings is 2. The fourth-order valence-electron chi connectivity index (χ4n) is 3.68. The summed E-state index contributed by atoms with van der Waals surface area (Å²) in [6.07, 6.45) is 1.54. The number of nitrogens with zero attached hydrogens (tertiary/aromatic N) is 3. The van der Waals surface area contributed by atoms with Gasteiger partial charge in [0.1, 0.15) is 11.3 Å². The molecule has 4 aromatic rings. The number of halogens is 1. The zero-order valence-corrected chi connectivity index (χ0v) is 16.1. The van der Waals surface area contributed by atoms with Gasteiger partial charge in [-0.05, 0) is 12.1 Å². The number of amides is 1. The van der Waals surface area contributed by atoms with Gasteiger partial charge in [-0.1, -0.05) is 41.9 Å². The Morgan fingerprint density at radius 2 is 1.86 bits per heavy atom. The number of morpholine rings is 1. The van der Waals surface area contributed by atoms with Crippen LogP contribution in [-0.2, 0) is 4.74 Å². The quantitative estimate of drug-likeness (QED) is 0.553. The minimum absolute atomic E-state index is 0.152. The molecule has 7 nitrogen and oxygen atoms in total. The smallest absolute Gasteiger partial charge is 0.274 e. The highest BCUT2D eigenvalue weighted by atomic mass is 35.5. The standard InChI is InChI=1S/C21H17ClN4O3/c22-15-11-16-17(10-14(15)21(28)25-6-8-29-9-7-25)26-18(20(27)24-16)12-23-19(26)13-4-2-1-3-5-13/h1-5,10-12H,6-9H2,(H,24,27). The van der Waals surface area contributed by atoms with E-state index < -0.39 is 0 Å². The molecule has 1 fully saturated rings. The molecule has 0 aliphatic carbocycles. The zero-order valence-electron chi connectivity index (χ0n) is 15.4. The van der Waals surface area contributed by atoms with Gasteiger partial charge in [0.25, 0.3) is 11.5 Å². The second-order valence-electron chi connectivity index (χ2n) is 6.88. The molecule has 1 saturated heterocycles. The molecule has 1 aliphatic heterocycles. The van der Waals surface area contributed by atoms with Gasteiger partial charge in [-0.2, -0.15) is 0 Å². The summed E-state index contributed by atoms with van der Waals surface area (Å²) in [5.74, 6) is 0.477. The fraction of sp³-hybridized carbons (Fsp3) is 0.190. The lowest BCUT2D eigenvalue weighted by Gasteiger charge is -2.27. The van der Waals surface area contributed by atoms with E-state index in [1.807, 2.05) is 30.3 Å². The van der Waals surface area contributed by atoms with Crippen LogP contribution in [0.1, 0.15) is 10.4 Å². The molecule has 0 radical (unpaired) electrons. The zero-order chi connectivity index (χ0) is 20.0. The van der Waals surface area contributed by atoms with Crippen molar-refractivity contribution >= 4 is 34.1 Å². The Morgan fingerprint density at radius 1 is 1.10 bits per heavy atom. The van der Waals surface area contributed by atoms with Crippen LogP contribution in [0, 0.1) is 0 Å². The van der Waals surface area contributed by atoms with Gasteiger partial charge in [0, 0.05) is 18.7 Å². The molecule has 0 bridgehead atoms. The van der Waals surface area contributed by atoms with E-state index in [-0.39, 0.29) is 11.5 Å². The maximum absolute atomic E-state index is 13.0. The van der Waals surface area contributed by atoms with Crippen molar-refractivity contribution in [2.75, 3.05) is 26.3 Å². The Bertz CT molecular complexity index is 1290. The van der Waals surface area contributed by atoms with E-state index in [9.17, 15) is 9.59 Å². The number of carbonyl (C=O) groups excluding carboxylic acids is 1. The number of hydrogen-bond donors (Lipinski definition) is 1. The van der Waals surface area contributed by atoms with Gasteiger partial charge in [-0.3, -0.25) is 14.0 Å². The summed E-state index contributed by atoms with van der Waals surface area (Å²) in [7, 11) is 0. The highest BCUT2D eigenvalue weighted by Gasteiger charge is 2.22. The average Bonchev–Trinajstić information content (AvgIpc) is 3.20. The van der Waals surface area contributed by atoms with E-state index in [2.05, 4.69) is 9.97 Å². The molecule has 2 aromatic heterocycles. The predicted molar refractivity (Wildman–Crippen MR) is 110 cm³/mol. The van der Waals surface area contributed by atoms with E-state index in [0.717, 1.165) is 5.56 Å². The van der Waals surface area contributed by atoms with Crippen molar-refractivity contribution in [1.29, 1.82) is 0 Å². The summed E-state index contributed by atoms with van der Waals surface area (Å²) in [6, 6.07) is 13.0. The van der Waals surface area contributed by atoms with Crippen LogP contribution in [0.4, 0.5) is 0 Å². The van der Waals surface area contributed by atoms with Gasteiger partial charge in [0.2, 0.25) is 0 Å². The number of H-pyrrole nitrogens is 1. The van der Waals surface area contributed by atoms with Crippen LogP contribution in [0.25, 0.3) is 27.9 Å². The molecule has 0 atom stereocenters. The van der Waals surface area contributed by atoms with Crippen molar-refractivity contribution in [1.82, 2.24) is 19.3 Å². The minimum atomic E-state index is -0.268. The summed E-state index contributed by atoms with van der Waals surface area (Å²) in [5.41, 5.74) is 2.61. The van der Waals surface area contributed by atoms with E-state index in [4.69, 9.17) is 16.3 Å². The van der Waals surface area contributed by atoms with Gasteiger partial charge in [0.15, 0.2) is 0 Å². The molecule has 146 valence electrons. The molecular formula is C21H17ClN4O3. The third-order valence-electron chi connectivity index (χ3n) is 5.13. The Morgan fingerprint density at radius 3 is 2.62 bits per heavy atom. The number of imidazole rings is 1. The monoisotopic (exact) mass is 408 g/mol. The second-order valence-corrected chi connectivity index (χ2v) is 7.28. The molecule has 1 aliphatic rings. The Kier molecular flexibility index (Phi) is 4.34. The highest BCUT2D eigenvalue weighted by Crippen LogP contribution is 2.27. The number of ether oxygens (including phenoxy) is 1. The van der Waals surface area contributed by atoms with Crippen molar-refractivity contribution in [3.63, 3.8) is 0 Å². The average molecular weight is 409 g/mol. The highest BCUT2D eigenvalue weighted by molar-refractivity contribution is 6.34. The third-order valence-corrected chi connectivity index (χ3v) is 5.44. The van der Waals surface area contributed by atoms with Gasteiger partial charge >= 0.3 is 0 Å². The molecule has 1 N–H and O–H groups in total. The number of hydrogen-bond acceptors (Lipinski definition) is 4. The molecule has 5 rings (SSSR count). The SMILES string of the molecule is O=C(c1cc2c(cc1Cl)[nH]c(=O)c1cnc(-c3ccccc3)n12)N1CCOCC1. The fourth-order valence-corrected chi connectivity index (χ4v) is 3.93. The largest absolute Gasteiger partial charge is 0.378 e. The lowest BCUT2D eigenvalue weighted by atomic mass is 10.1. The number of fused-ring (bicyclic) bond motifs is 3. The van der Waals surface area contributed by atoms with E-state index >= 15 is 0 Å². The maximum Gasteiger partial charge on any atom is 0.274 e. The topological polar surface area (TPSA) is 79.7 Å². The number of aromatic nitrogens is 3. The Balaban J connectivity index is 1.76. The molecule has 0 spiro atoms. The molecule has 2 aromatic carbocycles. The van der Waals surface area contributed by atoms with Gasteiger partial charge in [0.05, 0.1) is 41.0 Å². The molecule has 0 unspecified atom stereocenters. The van der Waals surface area contributed by atoms with Gasteiger partial charge < -0.3 is 14.6 Å². The normalized spacial score (nSPS) is 14.6. The summed E-state index contributed by atoms with van der Waals surface area (Å²) in [6.45, 7) is 2.06. The Labute approximate surface area is 170 Å². The van der Waals surface area contributed by atoms with E-state index in [1.54, 1.807) is 27.6 Å². The van der Waals surface area contributed by atoms with Crippen LogP contribution in [0.2, 0.25) is 5.02 Å². The molecule has 29 heavy (non-hydrogen) atoms. The summed E-state index contributed by atoms with van der Waals surface area (Å²) in [5, 5.41) is 0.297. The van der Waals surface area contributed by atoms with Gasteiger partial charge in [-0.15, -0.1) is 0 Å². The van der Waals surface area contributed by atoms with Crippen molar-refractivity contribution in [3.05, 3.63) is 69.6 Å². The van der Waals surface area contributed by atoms with Crippen molar-refractivity contribution in [2.45, 2.75) is 0 Å². The van der Waals surface area contributed by atoms with E-state index in [0.29, 0.717) is 59.3 Å². The van der Waals surface area contributed by atoms with Crippen LogP contribution < -0.4 is 5.56 Å². The van der Waals surface area contributed by atoms with Crippen molar-refractivity contribution < 1.29 is 9.53 Å². The Hall–Kier alpha value is -3.16. The summed E-state index contributed by atoms with van der Waals surface area (Å²) < 4.78 is 7.11. The third kappa shape index (κ3) is 2.99. The minimum Gasteiger partial charge on any atom is -0.378 e. The van der Waals surface area contributed by atoms with Crippen LogP contribution in [0.5, 0.6) is 0 Å². The van der Waals surface area contributed by atoms with E-state index in [1.165, 1.54) is 0 Å². The first-order valence-corrected chi connectivity index (χ1v) is 9.67. The van der Waals surface area contributed by atoms with Crippen LogP contribution in [-0.4, -0.2) is 51.5 Å². The first-order chi connectivity index (χ1) is 14.1. The van der Waals surface area contributed by atoms with Crippen LogP contribution in [0.3, 0.4) is 0 Å². The molecule has 3 heterocycles.